The molecule has 4 aliphatic rings. The van der Waals surface area contributed by atoms with E-state index in [1.165, 1.54) is 18.6 Å². The van der Waals surface area contributed by atoms with Crippen LogP contribution >= 0.6 is 0 Å². The van der Waals surface area contributed by atoms with Crippen molar-refractivity contribution in [2.75, 3.05) is 31.2 Å². The second-order valence-electron chi connectivity index (χ2n) is 14.6. The van der Waals surface area contributed by atoms with Crippen LogP contribution in [0.2, 0.25) is 0 Å². The number of benzene rings is 3. The topological polar surface area (TPSA) is 114 Å². The van der Waals surface area contributed by atoms with E-state index in [9.17, 15) is 28.0 Å². The van der Waals surface area contributed by atoms with Crippen molar-refractivity contribution in [3.63, 3.8) is 0 Å². The van der Waals surface area contributed by atoms with Crippen LogP contribution in [0.5, 0.6) is 0 Å². The van der Waals surface area contributed by atoms with Gasteiger partial charge in [0.2, 0.25) is 17.7 Å². The van der Waals surface area contributed by atoms with Crippen molar-refractivity contribution in [2.45, 2.75) is 88.0 Å². The summed E-state index contributed by atoms with van der Waals surface area (Å²) in [5.41, 5.74) is 2.28. The number of hydrogen-bond donors (Lipinski definition) is 3. The average molecular weight is 713 g/mol. The minimum absolute atomic E-state index is 0.0406. The molecule has 1 saturated carbocycles. The fourth-order valence-electron chi connectivity index (χ4n) is 8.41. The highest BCUT2D eigenvalue weighted by molar-refractivity contribution is 5.97. The van der Waals surface area contributed by atoms with Gasteiger partial charge in [0.1, 0.15) is 29.8 Å². The van der Waals surface area contributed by atoms with Crippen molar-refractivity contribution >= 4 is 29.3 Å². The zero-order valence-electron chi connectivity index (χ0n) is 29.3. The fourth-order valence-corrected chi connectivity index (χ4v) is 8.41. The van der Waals surface area contributed by atoms with Gasteiger partial charge in [0.05, 0.1) is 12.7 Å². The highest BCUT2D eigenvalue weighted by Crippen LogP contribution is 2.39. The summed E-state index contributed by atoms with van der Waals surface area (Å²) in [4.78, 5) is 60.6. The molecular formula is C40H46F2N6O4. The normalized spacial score (nSPS) is 20.8. The molecule has 3 fully saturated rings. The molecule has 0 unspecified atom stereocenters. The van der Waals surface area contributed by atoms with Gasteiger partial charge in [-0.25, -0.2) is 8.78 Å². The number of para-hydroxylation sites is 1. The minimum Gasteiger partial charge on any atom is -0.352 e. The average Bonchev–Trinajstić information content (AvgIpc) is 3.40. The van der Waals surface area contributed by atoms with Gasteiger partial charge < -0.3 is 30.7 Å². The highest BCUT2D eigenvalue weighted by atomic mass is 19.1. The van der Waals surface area contributed by atoms with E-state index in [1.807, 2.05) is 59.5 Å². The van der Waals surface area contributed by atoms with Crippen LogP contribution in [0.25, 0.3) is 0 Å². The third kappa shape index (κ3) is 7.67. The van der Waals surface area contributed by atoms with E-state index in [4.69, 9.17) is 0 Å². The van der Waals surface area contributed by atoms with Crippen LogP contribution in [0.15, 0.2) is 72.8 Å². The summed E-state index contributed by atoms with van der Waals surface area (Å²) in [6, 6.07) is 19.0. The van der Waals surface area contributed by atoms with Gasteiger partial charge in [-0.05, 0) is 73.1 Å². The number of carbonyl (C=O) groups is 4. The number of halogens is 2. The predicted molar refractivity (Wildman–Crippen MR) is 192 cm³/mol. The van der Waals surface area contributed by atoms with E-state index in [-0.39, 0.29) is 68.0 Å². The maximum absolute atomic E-state index is 14.3. The van der Waals surface area contributed by atoms with Crippen LogP contribution in [0, 0.1) is 11.6 Å². The number of likely N-dealkylation sites (tertiary alicyclic amines) is 1. The first-order valence-electron chi connectivity index (χ1n) is 18.4. The largest absolute Gasteiger partial charge is 0.352 e. The molecule has 10 nitrogen and oxygen atoms in total. The standard InChI is InChI=1S/C40H46F2N6O4/c41-30-19-27(20-31(42)23-30)21-35(45-37(50)34-22-28-9-7-8-10-29(28)24-43-34)38(51)46-17-15-40(16-18-46)39(52)47(26-48(40)33-13-5-2-6-14-33)25-36(49)44-32-11-3-1-4-12-32/h2,5-10,13-14,19-20,23,32,34-35,43H,1,3-4,11-12,15-18,21-22,24-26H2,(H,44,49)(H,45,50)/t34-,35-/m1/s1. The number of nitrogens with zero attached hydrogens (tertiary/aromatic N) is 3. The van der Waals surface area contributed by atoms with Gasteiger partial charge in [0.25, 0.3) is 5.91 Å². The lowest BCUT2D eigenvalue weighted by Gasteiger charge is -2.44. The van der Waals surface area contributed by atoms with Crippen molar-refractivity contribution in [3.8, 4) is 0 Å². The van der Waals surface area contributed by atoms with Crippen LogP contribution in [-0.4, -0.2) is 83.4 Å². The molecule has 3 N–H and O–H groups in total. The summed E-state index contributed by atoms with van der Waals surface area (Å²) in [6.45, 7) is 1.14. The lowest BCUT2D eigenvalue weighted by molar-refractivity contribution is -0.141. The Morgan fingerprint density at radius 2 is 1.56 bits per heavy atom. The minimum atomic E-state index is -1.09. The molecule has 12 heteroatoms. The smallest absolute Gasteiger partial charge is 0.250 e. The Kier molecular flexibility index (Phi) is 10.5. The number of fused-ring (bicyclic) bond motifs is 1. The number of piperidine rings is 1. The van der Waals surface area contributed by atoms with Crippen molar-refractivity contribution < 1.29 is 28.0 Å². The Hall–Kier alpha value is -4.84. The lowest BCUT2D eigenvalue weighted by Crippen LogP contribution is -2.60. The molecule has 3 aromatic rings. The Morgan fingerprint density at radius 3 is 2.27 bits per heavy atom. The Balaban J connectivity index is 1.07. The number of carbonyl (C=O) groups excluding carboxylic acids is 4. The molecule has 0 aromatic heterocycles. The van der Waals surface area contributed by atoms with Gasteiger partial charge in [0.15, 0.2) is 0 Å². The van der Waals surface area contributed by atoms with Crippen LogP contribution in [0.1, 0.15) is 61.6 Å². The lowest BCUT2D eigenvalue weighted by atomic mass is 9.85. The van der Waals surface area contributed by atoms with Crippen LogP contribution < -0.4 is 20.9 Å². The van der Waals surface area contributed by atoms with Gasteiger partial charge in [-0.3, -0.25) is 19.2 Å². The third-order valence-electron chi connectivity index (χ3n) is 11.2. The number of hydrogen-bond acceptors (Lipinski definition) is 6. The van der Waals surface area contributed by atoms with E-state index in [0.29, 0.717) is 25.8 Å². The Labute approximate surface area is 302 Å². The summed E-state index contributed by atoms with van der Waals surface area (Å²) >= 11 is 0. The van der Waals surface area contributed by atoms with E-state index >= 15 is 0 Å². The van der Waals surface area contributed by atoms with Gasteiger partial charge >= 0.3 is 0 Å². The summed E-state index contributed by atoms with van der Waals surface area (Å²) in [6.07, 6.45) is 6.20. The number of anilines is 1. The molecule has 274 valence electrons. The van der Waals surface area contributed by atoms with E-state index in [2.05, 4.69) is 16.0 Å². The predicted octanol–water partition coefficient (Wildman–Crippen LogP) is 3.82. The van der Waals surface area contributed by atoms with Crippen molar-refractivity contribution in [2.24, 2.45) is 0 Å². The maximum Gasteiger partial charge on any atom is 0.250 e. The van der Waals surface area contributed by atoms with Crippen molar-refractivity contribution in [3.05, 3.63) is 101 Å². The first kappa shape index (κ1) is 35.6. The third-order valence-corrected chi connectivity index (χ3v) is 11.2. The molecule has 2 atom stereocenters. The van der Waals surface area contributed by atoms with Gasteiger partial charge in [0, 0.05) is 43.9 Å². The quantitative estimate of drug-likeness (QED) is 0.311. The molecule has 3 aliphatic heterocycles. The van der Waals surface area contributed by atoms with Crippen LogP contribution in [0.3, 0.4) is 0 Å². The van der Waals surface area contributed by atoms with E-state index < -0.39 is 29.3 Å². The Bertz CT molecular complexity index is 1770. The Morgan fingerprint density at radius 1 is 0.885 bits per heavy atom. The second-order valence-corrected chi connectivity index (χ2v) is 14.6. The maximum atomic E-state index is 14.3. The highest BCUT2D eigenvalue weighted by Gasteiger charge is 2.54. The number of nitrogens with one attached hydrogen (secondary N) is 3. The summed E-state index contributed by atoms with van der Waals surface area (Å²) in [7, 11) is 0. The molecule has 0 bridgehead atoms. The first-order valence-corrected chi connectivity index (χ1v) is 18.4. The molecule has 0 radical (unpaired) electrons. The van der Waals surface area contributed by atoms with Crippen molar-refractivity contribution in [1.82, 2.24) is 25.8 Å². The molecule has 3 heterocycles. The monoisotopic (exact) mass is 712 g/mol. The van der Waals surface area contributed by atoms with Crippen LogP contribution in [-0.2, 0) is 38.6 Å². The number of amides is 4. The first-order chi connectivity index (χ1) is 25.2. The van der Waals surface area contributed by atoms with Gasteiger partial charge in [-0.2, -0.15) is 0 Å². The molecule has 1 spiro atoms. The molecule has 4 amide bonds. The molecule has 1 aliphatic carbocycles. The molecule has 3 aromatic carbocycles. The zero-order valence-corrected chi connectivity index (χ0v) is 29.3. The van der Waals surface area contributed by atoms with Crippen molar-refractivity contribution in [1.29, 1.82) is 0 Å². The van der Waals surface area contributed by atoms with Gasteiger partial charge in [-0.1, -0.05) is 61.7 Å². The molecule has 7 rings (SSSR count). The molecule has 52 heavy (non-hydrogen) atoms. The zero-order chi connectivity index (χ0) is 36.2. The molecule has 2 saturated heterocycles. The summed E-state index contributed by atoms with van der Waals surface area (Å²) in [5, 5.41) is 9.27. The second kappa shape index (κ2) is 15.4. The van der Waals surface area contributed by atoms with Gasteiger partial charge in [-0.15, -0.1) is 0 Å². The SMILES string of the molecule is O=C(CN1CN(c2ccccc2)C2(CCN(C(=O)[C@@H](Cc3cc(F)cc(F)c3)NC(=O)[C@H]3Cc4ccccc4CN3)CC2)C1=O)NC1CCCCC1. The molecular weight excluding hydrogens is 666 g/mol. The van der Waals surface area contributed by atoms with Crippen LogP contribution in [0.4, 0.5) is 14.5 Å². The summed E-state index contributed by atoms with van der Waals surface area (Å²) in [5.74, 6) is -2.61. The van der Waals surface area contributed by atoms with E-state index in [0.717, 1.165) is 48.6 Å². The summed E-state index contributed by atoms with van der Waals surface area (Å²) < 4.78 is 28.5. The number of rotatable bonds is 9. The fraction of sp³-hybridized carbons (Fsp3) is 0.450. The van der Waals surface area contributed by atoms with E-state index in [1.54, 1.807) is 9.80 Å².